The van der Waals surface area contributed by atoms with Crippen LogP contribution in [-0.2, 0) is 9.53 Å². The third-order valence-corrected chi connectivity index (χ3v) is 4.05. The molecule has 0 bridgehead atoms. The molecule has 1 fully saturated rings. The van der Waals surface area contributed by atoms with E-state index in [9.17, 15) is 14.7 Å². The van der Waals surface area contributed by atoms with E-state index in [4.69, 9.17) is 9.47 Å². The Morgan fingerprint density at radius 1 is 1.24 bits per heavy atom. The molecule has 0 unspecified atom stereocenters. The van der Waals surface area contributed by atoms with Crippen LogP contribution >= 0.6 is 0 Å². The second-order valence-corrected chi connectivity index (χ2v) is 5.34. The molecule has 0 amide bonds. The summed E-state index contributed by atoms with van der Waals surface area (Å²) in [5, 5.41) is 11.7. The number of phenols is 1. The number of benzene rings is 2. The van der Waals surface area contributed by atoms with E-state index < -0.39 is 12.2 Å². The summed E-state index contributed by atoms with van der Waals surface area (Å²) >= 11 is 0. The van der Waals surface area contributed by atoms with Gasteiger partial charge in [0.2, 0.25) is 0 Å². The van der Waals surface area contributed by atoms with Crippen molar-refractivity contribution in [2.75, 3.05) is 0 Å². The van der Waals surface area contributed by atoms with Gasteiger partial charge in [-0.15, -0.1) is 0 Å². The van der Waals surface area contributed by atoms with Gasteiger partial charge >= 0.3 is 5.97 Å². The second kappa shape index (κ2) is 3.97. The topological polar surface area (TPSA) is 72.8 Å². The van der Waals surface area contributed by atoms with Crippen LogP contribution in [0.4, 0.5) is 0 Å². The van der Waals surface area contributed by atoms with Crippen molar-refractivity contribution in [3.05, 3.63) is 35.4 Å². The van der Waals surface area contributed by atoms with Crippen LogP contribution in [0.5, 0.6) is 11.5 Å². The molecular weight excluding hydrogens is 272 g/mol. The fourth-order valence-corrected chi connectivity index (χ4v) is 3.20. The smallest absolute Gasteiger partial charge is 0.310 e. The van der Waals surface area contributed by atoms with Crippen molar-refractivity contribution in [1.29, 1.82) is 0 Å². The molecule has 2 aliphatic heterocycles. The highest BCUT2D eigenvalue weighted by Crippen LogP contribution is 2.52. The quantitative estimate of drug-likeness (QED) is 0.643. The molecule has 1 saturated heterocycles. The van der Waals surface area contributed by atoms with Crippen molar-refractivity contribution in [3.63, 3.8) is 0 Å². The van der Waals surface area contributed by atoms with Crippen LogP contribution in [0.25, 0.3) is 10.8 Å². The summed E-state index contributed by atoms with van der Waals surface area (Å²) in [6.45, 7) is 1.38. The van der Waals surface area contributed by atoms with Crippen molar-refractivity contribution in [2.24, 2.45) is 0 Å². The van der Waals surface area contributed by atoms with Gasteiger partial charge in [0.15, 0.2) is 18.0 Å². The molecule has 0 radical (unpaired) electrons. The average molecular weight is 284 g/mol. The zero-order valence-corrected chi connectivity index (χ0v) is 11.3. The van der Waals surface area contributed by atoms with Crippen LogP contribution in [-0.4, -0.2) is 23.0 Å². The standard InChI is InChI=1S/C16H12O5/c1-7(17)12-13-15(20-10-6-11(18)21-16(10)13)9-5-3-2-4-8(9)14(12)19/h2-5,10,16,19H,6H2,1H3/t10-,16+/m0/s1. The van der Waals surface area contributed by atoms with E-state index in [0.29, 0.717) is 16.7 Å². The Morgan fingerprint density at radius 3 is 2.67 bits per heavy atom. The fraction of sp³-hybridized carbons (Fsp3) is 0.250. The molecule has 2 aromatic carbocycles. The van der Waals surface area contributed by atoms with Crippen LogP contribution in [0, 0.1) is 0 Å². The van der Waals surface area contributed by atoms with Gasteiger partial charge in [0.1, 0.15) is 11.5 Å². The summed E-state index contributed by atoms with van der Waals surface area (Å²) in [4.78, 5) is 23.4. The van der Waals surface area contributed by atoms with Gasteiger partial charge in [-0.25, -0.2) is 0 Å². The van der Waals surface area contributed by atoms with Crippen molar-refractivity contribution < 1.29 is 24.2 Å². The van der Waals surface area contributed by atoms with Crippen molar-refractivity contribution >= 4 is 22.5 Å². The molecule has 21 heavy (non-hydrogen) atoms. The Kier molecular flexibility index (Phi) is 2.31. The Balaban J connectivity index is 2.10. The van der Waals surface area contributed by atoms with Gasteiger partial charge in [-0.1, -0.05) is 24.3 Å². The first-order valence-corrected chi connectivity index (χ1v) is 6.72. The number of ether oxygens (including phenoxy) is 2. The van der Waals surface area contributed by atoms with Gasteiger partial charge in [0.05, 0.1) is 17.5 Å². The van der Waals surface area contributed by atoms with E-state index in [-0.39, 0.29) is 29.5 Å². The zero-order valence-electron chi connectivity index (χ0n) is 11.3. The number of ketones is 1. The molecule has 5 heteroatoms. The molecule has 0 aromatic heterocycles. The van der Waals surface area contributed by atoms with Crippen LogP contribution in [0.15, 0.2) is 24.3 Å². The summed E-state index contributed by atoms with van der Waals surface area (Å²) in [5.41, 5.74) is 0.681. The second-order valence-electron chi connectivity index (χ2n) is 5.34. The maximum atomic E-state index is 12.0. The Bertz CT molecular complexity index is 808. The first-order valence-electron chi connectivity index (χ1n) is 6.72. The molecule has 2 atom stereocenters. The molecule has 2 heterocycles. The molecule has 5 nitrogen and oxygen atoms in total. The fourth-order valence-electron chi connectivity index (χ4n) is 3.20. The molecule has 2 aromatic rings. The normalized spacial score (nSPS) is 22.6. The monoisotopic (exact) mass is 284 g/mol. The number of hydrogen-bond acceptors (Lipinski definition) is 5. The highest BCUT2D eigenvalue weighted by molar-refractivity contribution is 6.08. The average Bonchev–Trinajstić information content (AvgIpc) is 2.96. The Labute approximate surface area is 120 Å². The minimum absolute atomic E-state index is 0.0796. The van der Waals surface area contributed by atoms with E-state index in [0.717, 1.165) is 5.39 Å². The van der Waals surface area contributed by atoms with Gasteiger partial charge in [0, 0.05) is 10.8 Å². The van der Waals surface area contributed by atoms with Crippen LogP contribution in [0.2, 0.25) is 0 Å². The number of fused-ring (bicyclic) bond motifs is 5. The molecule has 106 valence electrons. The predicted molar refractivity (Wildman–Crippen MR) is 73.5 cm³/mol. The molecule has 0 aliphatic carbocycles. The lowest BCUT2D eigenvalue weighted by Gasteiger charge is -2.14. The third kappa shape index (κ3) is 1.51. The molecule has 0 saturated carbocycles. The number of phenolic OH excluding ortho intramolecular Hbond substituents is 1. The molecular formula is C16H12O5. The lowest BCUT2D eigenvalue weighted by molar-refractivity contribution is -0.141. The number of carbonyl (C=O) groups is 2. The number of esters is 1. The van der Waals surface area contributed by atoms with Crippen molar-refractivity contribution in [2.45, 2.75) is 25.6 Å². The first kappa shape index (κ1) is 12.2. The SMILES string of the molecule is CC(=O)c1c2c(c3ccccc3c1O)O[C@H]1CC(=O)O[C@@H]21. The number of aromatic hydroxyl groups is 1. The first-order chi connectivity index (χ1) is 10.1. The lowest BCUT2D eigenvalue weighted by Crippen LogP contribution is -2.12. The van der Waals surface area contributed by atoms with Crippen LogP contribution in [0.3, 0.4) is 0 Å². The van der Waals surface area contributed by atoms with E-state index >= 15 is 0 Å². The number of Topliss-reactive ketones (excluding diaryl/α,β-unsaturated/α-hetero) is 1. The summed E-state index contributed by atoms with van der Waals surface area (Å²) in [6.07, 6.45) is -0.871. The maximum absolute atomic E-state index is 12.0. The molecule has 4 rings (SSSR count). The van der Waals surface area contributed by atoms with Gasteiger partial charge in [-0.3, -0.25) is 9.59 Å². The van der Waals surface area contributed by atoms with Crippen LogP contribution < -0.4 is 4.74 Å². The van der Waals surface area contributed by atoms with E-state index in [1.165, 1.54) is 6.92 Å². The molecule has 1 N–H and O–H groups in total. The third-order valence-electron chi connectivity index (χ3n) is 4.05. The predicted octanol–water partition coefficient (Wildman–Crippen LogP) is 2.50. The molecule has 2 aliphatic rings. The summed E-state index contributed by atoms with van der Waals surface area (Å²) < 4.78 is 11.1. The van der Waals surface area contributed by atoms with E-state index in [1.54, 1.807) is 12.1 Å². The van der Waals surface area contributed by atoms with Crippen molar-refractivity contribution in [3.8, 4) is 11.5 Å². The number of carbonyl (C=O) groups excluding carboxylic acids is 2. The zero-order chi connectivity index (χ0) is 14.7. The highest BCUT2D eigenvalue weighted by Gasteiger charge is 2.47. The van der Waals surface area contributed by atoms with Crippen LogP contribution in [0.1, 0.15) is 35.4 Å². The minimum Gasteiger partial charge on any atom is -0.507 e. The summed E-state index contributed by atoms with van der Waals surface area (Å²) in [6, 6.07) is 7.18. The van der Waals surface area contributed by atoms with Gasteiger partial charge in [0.25, 0.3) is 0 Å². The number of rotatable bonds is 1. The lowest BCUT2D eigenvalue weighted by atomic mass is 9.93. The Morgan fingerprint density at radius 2 is 1.95 bits per heavy atom. The Hall–Kier alpha value is -2.56. The van der Waals surface area contributed by atoms with Gasteiger partial charge < -0.3 is 14.6 Å². The molecule has 0 spiro atoms. The largest absolute Gasteiger partial charge is 0.507 e. The maximum Gasteiger partial charge on any atom is 0.310 e. The van der Waals surface area contributed by atoms with Crippen molar-refractivity contribution in [1.82, 2.24) is 0 Å². The number of hydrogen-bond donors (Lipinski definition) is 1. The summed E-state index contributed by atoms with van der Waals surface area (Å²) in [7, 11) is 0. The van der Waals surface area contributed by atoms with E-state index in [1.807, 2.05) is 12.1 Å². The highest BCUT2D eigenvalue weighted by atomic mass is 16.6. The van der Waals surface area contributed by atoms with E-state index in [2.05, 4.69) is 0 Å². The van der Waals surface area contributed by atoms with Gasteiger partial charge in [-0.2, -0.15) is 0 Å². The summed E-state index contributed by atoms with van der Waals surface area (Å²) in [5.74, 6) is -0.167. The minimum atomic E-state index is -0.609. The van der Waals surface area contributed by atoms with Gasteiger partial charge in [-0.05, 0) is 6.92 Å².